The average Bonchev–Trinajstić information content (AvgIpc) is 2.38. The summed E-state index contributed by atoms with van der Waals surface area (Å²) in [5.74, 6) is 0.991. The van der Waals surface area contributed by atoms with Gasteiger partial charge in [0.25, 0.3) is 0 Å². The second-order valence-electron chi connectivity index (χ2n) is 5.58. The van der Waals surface area contributed by atoms with Crippen molar-refractivity contribution in [3.8, 4) is 5.75 Å². The normalized spacial score (nSPS) is 18.8. The number of benzene rings is 1. The fourth-order valence-electron chi connectivity index (χ4n) is 2.65. The molecular weight excluding hydrogens is 234 g/mol. The van der Waals surface area contributed by atoms with Gasteiger partial charge >= 0.3 is 0 Å². The van der Waals surface area contributed by atoms with Gasteiger partial charge in [-0.05, 0) is 63.4 Å². The molecule has 2 rings (SSSR count). The van der Waals surface area contributed by atoms with E-state index in [9.17, 15) is 0 Å². The van der Waals surface area contributed by atoms with E-state index < -0.39 is 0 Å². The van der Waals surface area contributed by atoms with Crippen molar-refractivity contribution in [2.75, 3.05) is 20.2 Å². The molecule has 0 aromatic heterocycles. The zero-order valence-corrected chi connectivity index (χ0v) is 12.4. The number of hydrogen-bond donors (Lipinski definition) is 0. The Morgan fingerprint density at radius 3 is 2.58 bits per heavy atom. The third-order valence-electron chi connectivity index (χ3n) is 3.70. The minimum Gasteiger partial charge on any atom is -0.492 e. The monoisotopic (exact) mass is 259 g/mol. The molecule has 0 N–H and O–H groups in total. The van der Waals surface area contributed by atoms with Gasteiger partial charge in [0.05, 0.1) is 0 Å². The number of allylic oxidation sites excluding steroid dienone is 1. The van der Waals surface area contributed by atoms with E-state index in [0.717, 1.165) is 18.9 Å². The summed E-state index contributed by atoms with van der Waals surface area (Å²) in [6.07, 6.45) is 8.46. The highest BCUT2D eigenvalue weighted by molar-refractivity contribution is 5.32. The van der Waals surface area contributed by atoms with E-state index >= 15 is 0 Å². The van der Waals surface area contributed by atoms with Gasteiger partial charge in [-0.1, -0.05) is 18.2 Å². The van der Waals surface area contributed by atoms with Crippen LogP contribution in [0.2, 0.25) is 0 Å². The van der Waals surface area contributed by atoms with Crippen molar-refractivity contribution in [1.82, 2.24) is 4.90 Å². The van der Waals surface area contributed by atoms with Crippen LogP contribution < -0.4 is 4.74 Å². The first-order valence-electron chi connectivity index (χ1n) is 7.23. The molecule has 2 nitrogen and oxygen atoms in total. The van der Waals surface area contributed by atoms with Crippen molar-refractivity contribution in [1.29, 1.82) is 0 Å². The molecule has 19 heavy (non-hydrogen) atoms. The molecule has 1 aromatic carbocycles. The lowest BCUT2D eigenvalue weighted by Crippen LogP contribution is -2.34. The van der Waals surface area contributed by atoms with Gasteiger partial charge in [-0.2, -0.15) is 0 Å². The van der Waals surface area contributed by atoms with Crippen LogP contribution in [0, 0.1) is 13.8 Å². The Bertz CT molecular complexity index is 419. The lowest BCUT2D eigenvalue weighted by molar-refractivity contribution is 0.203. The molecule has 0 radical (unpaired) electrons. The lowest BCUT2D eigenvalue weighted by Gasteiger charge is -2.27. The van der Waals surface area contributed by atoms with Gasteiger partial charge in [0, 0.05) is 12.6 Å². The van der Waals surface area contributed by atoms with Crippen molar-refractivity contribution < 1.29 is 4.74 Å². The first-order chi connectivity index (χ1) is 9.15. The van der Waals surface area contributed by atoms with Crippen LogP contribution >= 0.6 is 0 Å². The molecule has 0 fully saturated rings. The molecule has 1 aromatic rings. The minimum atomic E-state index is 0.594. The van der Waals surface area contributed by atoms with Crippen molar-refractivity contribution in [2.24, 2.45) is 0 Å². The molecule has 1 unspecified atom stereocenters. The first-order valence-corrected chi connectivity index (χ1v) is 7.23. The van der Waals surface area contributed by atoms with Crippen LogP contribution in [0.4, 0.5) is 0 Å². The number of nitrogens with zero attached hydrogens (tertiary/aromatic N) is 1. The average molecular weight is 259 g/mol. The van der Waals surface area contributed by atoms with Crippen LogP contribution in [-0.4, -0.2) is 31.1 Å². The molecule has 0 aliphatic heterocycles. The third-order valence-corrected chi connectivity index (χ3v) is 3.70. The van der Waals surface area contributed by atoms with E-state index in [4.69, 9.17) is 4.74 Å². The maximum absolute atomic E-state index is 5.86. The fraction of sp³-hybridized carbons (Fsp3) is 0.529. The molecular formula is C17H25NO. The molecule has 1 aliphatic carbocycles. The van der Waals surface area contributed by atoms with Gasteiger partial charge < -0.3 is 4.74 Å². The zero-order valence-electron chi connectivity index (χ0n) is 12.4. The Hall–Kier alpha value is -1.28. The van der Waals surface area contributed by atoms with Gasteiger partial charge in [-0.3, -0.25) is 4.90 Å². The summed E-state index contributed by atoms with van der Waals surface area (Å²) in [5.41, 5.74) is 2.53. The topological polar surface area (TPSA) is 12.5 Å². The zero-order chi connectivity index (χ0) is 13.7. The number of aryl methyl sites for hydroxylation is 2. The van der Waals surface area contributed by atoms with Gasteiger partial charge in [0.15, 0.2) is 0 Å². The van der Waals surface area contributed by atoms with E-state index in [2.05, 4.69) is 56.1 Å². The molecule has 0 spiro atoms. The lowest BCUT2D eigenvalue weighted by atomic mass is 10.0. The second kappa shape index (κ2) is 6.76. The van der Waals surface area contributed by atoms with Crippen molar-refractivity contribution >= 4 is 0 Å². The standard InChI is InChI=1S/C17H25NO/c1-14-11-15(2)13-17(12-14)19-10-9-18(3)16-7-5-4-6-8-16/h5,7,11-13,16H,4,6,8-10H2,1-3H3. The van der Waals surface area contributed by atoms with Crippen LogP contribution in [0.25, 0.3) is 0 Å². The maximum Gasteiger partial charge on any atom is 0.119 e. The Labute approximate surface area is 117 Å². The van der Waals surface area contributed by atoms with Gasteiger partial charge in [0.1, 0.15) is 12.4 Å². The van der Waals surface area contributed by atoms with Crippen molar-refractivity contribution in [3.05, 3.63) is 41.5 Å². The Morgan fingerprint density at radius 2 is 1.95 bits per heavy atom. The third kappa shape index (κ3) is 4.39. The Kier molecular flexibility index (Phi) is 5.03. The highest BCUT2D eigenvalue weighted by Gasteiger charge is 2.13. The number of likely N-dealkylation sites (N-methyl/N-ethyl adjacent to an activating group) is 1. The number of hydrogen-bond acceptors (Lipinski definition) is 2. The van der Waals surface area contributed by atoms with E-state index in [-0.39, 0.29) is 0 Å². The highest BCUT2D eigenvalue weighted by Crippen LogP contribution is 2.17. The molecule has 104 valence electrons. The van der Waals surface area contributed by atoms with E-state index in [1.807, 2.05) is 0 Å². The van der Waals surface area contributed by atoms with Crippen LogP contribution in [0.15, 0.2) is 30.4 Å². The predicted octanol–water partition coefficient (Wildman–Crippen LogP) is 3.72. The summed E-state index contributed by atoms with van der Waals surface area (Å²) in [7, 11) is 2.19. The molecule has 2 heteroatoms. The molecule has 0 heterocycles. The van der Waals surface area contributed by atoms with Gasteiger partial charge in [-0.25, -0.2) is 0 Å². The fourth-order valence-corrected chi connectivity index (χ4v) is 2.65. The van der Waals surface area contributed by atoms with Crippen LogP contribution in [0.3, 0.4) is 0 Å². The predicted molar refractivity (Wildman–Crippen MR) is 80.8 cm³/mol. The summed E-state index contributed by atoms with van der Waals surface area (Å²) in [5, 5.41) is 0. The largest absolute Gasteiger partial charge is 0.492 e. The number of rotatable bonds is 5. The van der Waals surface area contributed by atoms with Crippen LogP contribution in [0.1, 0.15) is 30.4 Å². The first kappa shape index (κ1) is 14.1. The molecule has 0 saturated heterocycles. The van der Waals surface area contributed by atoms with Gasteiger partial charge in [-0.15, -0.1) is 0 Å². The molecule has 0 bridgehead atoms. The van der Waals surface area contributed by atoms with Crippen molar-refractivity contribution in [2.45, 2.75) is 39.2 Å². The van der Waals surface area contributed by atoms with Crippen LogP contribution in [0.5, 0.6) is 5.75 Å². The summed E-state index contributed by atoms with van der Waals surface area (Å²) >= 11 is 0. The second-order valence-corrected chi connectivity index (χ2v) is 5.58. The summed E-state index contributed by atoms with van der Waals surface area (Å²) in [4.78, 5) is 2.39. The quantitative estimate of drug-likeness (QED) is 0.747. The van der Waals surface area contributed by atoms with Crippen LogP contribution in [-0.2, 0) is 0 Å². The Balaban J connectivity index is 1.79. The minimum absolute atomic E-state index is 0.594. The molecule has 0 amide bonds. The van der Waals surface area contributed by atoms with Gasteiger partial charge in [0.2, 0.25) is 0 Å². The summed E-state index contributed by atoms with van der Waals surface area (Å²) in [6.45, 7) is 5.95. The summed E-state index contributed by atoms with van der Waals surface area (Å²) in [6, 6.07) is 6.98. The van der Waals surface area contributed by atoms with E-state index in [1.54, 1.807) is 0 Å². The van der Waals surface area contributed by atoms with E-state index in [1.165, 1.54) is 30.4 Å². The smallest absolute Gasteiger partial charge is 0.119 e. The molecule has 1 aliphatic rings. The maximum atomic E-state index is 5.86. The van der Waals surface area contributed by atoms with E-state index in [0.29, 0.717) is 6.04 Å². The number of ether oxygens (including phenoxy) is 1. The molecule has 0 saturated carbocycles. The SMILES string of the molecule is Cc1cc(C)cc(OCCN(C)C2C=CCCC2)c1. The van der Waals surface area contributed by atoms with Crippen molar-refractivity contribution in [3.63, 3.8) is 0 Å². The highest BCUT2D eigenvalue weighted by atomic mass is 16.5. The summed E-state index contributed by atoms with van der Waals surface area (Å²) < 4.78 is 5.86. The molecule has 1 atom stereocenters. The Morgan fingerprint density at radius 1 is 1.21 bits per heavy atom.